The Hall–Kier alpha value is -2.05. The smallest absolute Gasteiger partial charge is 0.336 e. The summed E-state index contributed by atoms with van der Waals surface area (Å²) < 4.78 is 10.6. The highest BCUT2D eigenvalue weighted by Crippen LogP contribution is 2.19. The minimum atomic E-state index is -0.411. The van der Waals surface area contributed by atoms with Crippen LogP contribution in [0.15, 0.2) is 39.5 Å². The van der Waals surface area contributed by atoms with Crippen LogP contribution in [-0.4, -0.2) is 31.6 Å². The number of ether oxygens (including phenoxy) is 1. The number of halogens is 1. The van der Waals surface area contributed by atoms with E-state index in [1.165, 1.54) is 6.07 Å². The summed E-state index contributed by atoms with van der Waals surface area (Å²) in [6, 6.07) is 8.35. The maximum Gasteiger partial charge on any atom is 0.336 e. The van der Waals surface area contributed by atoms with Crippen LogP contribution < -0.4 is 21.0 Å². The normalized spacial score (nSPS) is 20.2. The lowest BCUT2D eigenvalue weighted by atomic mass is 9.95. The second-order valence-corrected chi connectivity index (χ2v) is 5.89. The Balaban J connectivity index is 0.00000208. The molecule has 2 N–H and O–H groups in total. The number of piperidine rings is 1. The van der Waals surface area contributed by atoms with E-state index in [4.69, 9.17) is 9.15 Å². The molecular weight excluding hydrogens is 332 g/mol. The van der Waals surface area contributed by atoms with Crippen molar-refractivity contribution >= 4 is 29.3 Å². The molecule has 1 aromatic heterocycles. The molecule has 1 amide bonds. The third kappa shape index (κ3) is 4.49. The second kappa shape index (κ2) is 8.17. The molecule has 2 atom stereocenters. The van der Waals surface area contributed by atoms with Gasteiger partial charge in [-0.2, -0.15) is 0 Å². The first-order valence-corrected chi connectivity index (χ1v) is 7.78. The number of amides is 1. The molecule has 0 radical (unpaired) electrons. The molecule has 2 unspecified atom stereocenters. The SMILES string of the molecule is CC1CCNCC1NC(=O)COc1ccc2ccc(=O)oc2c1.Cl. The van der Waals surface area contributed by atoms with E-state index in [1.807, 2.05) is 0 Å². The lowest BCUT2D eigenvalue weighted by Crippen LogP contribution is -2.51. The average molecular weight is 353 g/mol. The number of carbonyl (C=O) groups is 1. The van der Waals surface area contributed by atoms with E-state index in [0.717, 1.165) is 24.9 Å². The quantitative estimate of drug-likeness (QED) is 0.819. The number of hydrogen-bond acceptors (Lipinski definition) is 5. The van der Waals surface area contributed by atoms with Crippen LogP contribution in [0, 0.1) is 5.92 Å². The molecule has 1 aromatic carbocycles. The summed E-state index contributed by atoms with van der Waals surface area (Å²) in [5.74, 6) is 0.798. The largest absolute Gasteiger partial charge is 0.484 e. The molecule has 0 bridgehead atoms. The number of rotatable bonds is 4. The molecule has 2 heterocycles. The van der Waals surface area contributed by atoms with Crippen LogP contribution in [0.5, 0.6) is 5.75 Å². The Morgan fingerprint density at radius 3 is 2.96 bits per heavy atom. The lowest BCUT2D eigenvalue weighted by Gasteiger charge is -2.30. The zero-order valence-electron chi connectivity index (χ0n) is 13.4. The van der Waals surface area contributed by atoms with Crippen molar-refractivity contribution in [1.29, 1.82) is 0 Å². The van der Waals surface area contributed by atoms with E-state index in [2.05, 4.69) is 17.6 Å². The van der Waals surface area contributed by atoms with E-state index >= 15 is 0 Å². The fraction of sp³-hybridized carbons (Fsp3) is 0.412. The molecule has 24 heavy (non-hydrogen) atoms. The maximum atomic E-state index is 12.0. The first kappa shape index (κ1) is 18.3. The monoisotopic (exact) mass is 352 g/mol. The minimum absolute atomic E-state index is 0. The van der Waals surface area contributed by atoms with Gasteiger partial charge in [0.1, 0.15) is 11.3 Å². The zero-order chi connectivity index (χ0) is 16.2. The molecule has 0 spiro atoms. The van der Waals surface area contributed by atoms with Gasteiger partial charge < -0.3 is 19.8 Å². The molecule has 0 saturated carbocycles. The average Bonchev–Trinajstić information content (AvgIpc) is 2.54. The number of benzene rings is 1. The fourth-order valence-electron chi connectivity index (χ4n) is 2.71. The van der Waals surface area contributed by atoms with E-state index in [1.54, 1.807) is 24.3 Å². The van der Waals surface area contributed by atoms with Gasteiger partial charge in [-0.1, -0.05) is 6.92 Å². The molecule has 1 saturated heterocycles. The van der Waals surface area contributed by atoms with Gasteiger partial charge in [0.2, 0.25) is 0 Å². The van der Waals surface area contributed by atoms with Crippen molar-refractivity contribution in [3.63, 3.8) is 0 Å². The Labute approximate surface area is 146 Å². The zero-order valence-corrected chi connectivity index (χ0v) is 14.2. The number of hydrogen-bond donors (Lipinski definition) is 2. The van der Waals surface area contributed by atoms with E-state index in [0.29, 0.717) is 17.3 Å². The van der Waals surface area contributed by atoms with Crippen LogP contribution in [0.3, 0.4) is 0 Å². The molecule has 3 rings (SSSR count). The second-order valence-electron chi connectivity index (χ2n) is 5.89. The maximum absolute atomic E-state index is 12.0. The first-order valence-electron chi connectivity index (χ1n) is 7.78. The van der Waals surface area contributed by atoms with Crippen molar-refractivity contribution in [2.75, 3.05) is 19.7 Å². The summed E-state index contributed by atoms with van der Waals surface area (Å²) in [6.45, 7) is 3.85. The summed E-state index contributed by atoms with van der Waals surface area (Å²) >= 11 is 0. The van der Waals surface area contributed by atoms with Crippen molar-refractivity contribution in [1.82, 2.24) is 10.6 Å². The van der Waals surface area contributed by atoms with Crippen molar-refractivity contribution in [2.24, 2.45) is 5.92 Å². The van der Waals surface area contributed by atoms with E-state index in [-0.39, 0.29) is 31.0 Å². The van der Waals surface area contributed by atoms with E-state index in [9.17, 15) is 9.59 Å². The van der Waals surface area contributed by atoms with Gasteiger partial charge in [-0.05, 0) is 37.1 Å². The Kier molecular flexibility index (Phi) is 6.23. The molecule has 0 aliphatic carbocycles. The third-order valence-corrected chi connectivity index (χ3v) is 4.14. The van der Waals surface area contributed by atoms with Crippen molar-refractivity contribution < 1.29 is 13.9 Å². The highest BCUT2D eigenvalue weighted by Gasteiger charge is 2.22. The predicted molar refractivity (Wildman–Crippen MR) is 93.8 cm³/mol. The van der Waals surface area contributed by atoms with Crippen LogP contribution in [0.2, 0.25) is 0 Å². The molecule has 6 nitrogen and oxygen atoms in total. The first-order chi connectivity index (χ1) is 11.1. The predicted octanol–water partition coefficient (Wildman–Crippen LogP) is 1.71. The number of fused-ring (bicyclic) bond motifs is 1. The Bertz CT molecular complexity index is 762. The molecule has 1 fully saturated rings. The Morgan fingerprint density at radius 1 is 1.38 bits per heavy atom. The highest BCUT2D eigenvalue weighted by molar-refractivity contribution is 5.85. The van der Waals surface area contributed by atoms with Gasteiger partial charge >= 0.3 is 5.63 Å². The van der Waals surface area contributed by atoms with Gasteiger partial charge in [-0.3, -0.25) is 4.79 Å². The summed E-state index contributed by atoms with van der Waals surface area (Å²) in [6.07, 6.45) is 1.05. The molecular formula is C17H21ClN2O4. The van der Waals surface area contributed by atoms with Gasteiger partial charge in [-0.15, -0.1) is 12.4 Å². The van der Waals surface area contributed by atoms with Gasteiger partial charge in [0, 0.05) is 30.1 Å². The van der Waals surface area contributed by atoms with Crippen LogP contribution in [0.25, 0.3) is 11.0 Å². The van der Waals surface area contributed by atoms with Crippen molar-refractivity contribution in [3.05, 3.63) is 40.8 Å². The molecule has 130 valence electrons. The molecule has 2 aromatic rings. The summed E-state index contributed by atoms with van der Waals surface area (Å²) in [4.78, 5) is 23.2. The summed E-state index contributed by atoms with van der Waals surface area (Å²) in [5.41, 5.74) is 0.0340. The minimum Gasteiger partial charge on any atom is -0.484 e. The summed E-state index contributed by atoms with van der Waals surface area (Å²) in [5, 5.41) is 7.07. The lowest BCUT2D eigenvalue weighted by molar-refractivity contribution is -0.124. The topological polar surface area (TPSA) is 80.6 Å². The van der Waals surface area contributed by atoms with Gasteiger partial charge in [0.15, 0.2) is 6.61 Å². The van der Waals surface area contributed by atoms with Crippen LogP contribution >= 0.6 is 12.4 Å². The molecule has 7 heteroatoms. The molecule has 1 aliphatic rings. The Morgan fingerprint density at radius 2 is 2.17 bits per heavy atom. The summed E-state index contributed by atoms with van der Waals surface area (Å²) in [7, 11) is 0. The van der Waals surface area contributed by atoms with Gasteiger partial charge in [0.25, 0.3) is 5.91 Å². The van der Waals surface area contributed by atoms with E-state index < -0.39 is 5.63 Å². The number of nitrogens with one attached hydrogen (secondary N) is 2. The standard InChI is InChI=1S/C17H20N2O4.ClH/c1-11-6-7-18-9-14(11)19-16(20)10-22-13-4-2-12-3-5-17(21)23-15(12)8-13;/h2-5,8,11,14,18H,6-7,9-10H2,1H3,(H,19,20);1H. The highest BCUT2D eigenvalue weighted by atomic mass is 35.5. The van der Waals surface area contributed by atoms with Crippen LogP contribution in [0.4, 0.5) is 0 Å². The van der Waals surface area contributed by atoms with Crippen LogP contribution in [-0.2, 0) is 4.79 Å². The van der Waals surface area contributed by atoms with Gasteiger partial charge in [0.05, 0.1) is 0 Å². The number of carbonyl (C=O) groups excluding carboxylic acids is 1. The fourth-order valence-corrected chi connectivity index (χ4v) is 2.71. The third-order valence-electron chi connectivity index (χ3n) is 4.14. The van der Waals surface area contributed by atoms with Crippen molar-refractivity contribution in [3.8, 4) is 5.75 Å². The van der Waals surface area contributed by atoms with Gasteiger partial charge in [-0.25, -0.2) is 4.79 Å². The van der Waals surface area contributed by atoms with Crippen LogP contribution in [0.1, 0.15) is 13.3 Å². The molecule has 1 aliphatic heterocycles. The van der Waals surface area contributed by atoms with Crippen molar-refractivity contribution in [2.45, 2.75) is 19.4 Å².